The van der Waals surface area contributed by atoms with Crippen LogP contribution in [-0.2, 0) is 0 Å². The van der Waals surface area contributed by atoms with Gasteiger partial charge < -0.3 is 9.84 Å². The van der Waals surface area contributed by atoms with E-state index in [9.17, 15) is 13.9 Å². The number of aliphatic hydroxyl groups is 1. The van der Waals surface area contributed by atoms with Gasteiger partial charge in [0.15, 0.2) is 0 Å². The van der Waals surface area contributed by atoms with E-state index in [1.165, 1.54) is 18.2 Å². The van der Waals surface area contributed by atoms with Crippen LogP contribution in [0, 0.1) is 17.6 Å². The molecular weight excluding hydrogens is 458 g/mol. The predicted octanol–water partition coefficient (Wildman–Crippen LogP) is 5.41. The monoisotopic (exact) mass is 486 g/mol. The second-order valence-corrected chi connectivity index (χ2v) is 8.98. The molecule has 0 aromatic heterocycles. The molecule has 4 nitrogen and oxygen atoms in total. The molecule has 3 aromatic rings. The van der Waals surface area contributed by atoms with E-state index >= 15 is 0 Å². The zero-order valence-electron chi connectivity index (χ0n) is 18.8. The Morgan fingerprint density at radius 1 is 0.971 bits per heavy atom. The Bertz CT molecular complexity index is 1060. The van der Waals surface area contributed by atoms with E-state index in [1.54, 1.807) is 36.4 Å². The second-order valence-electron chi connectivity index (χ2n) is 8.58. The average Bonchev–Trinajstić information content (AvgIpc) is 2.85. The predicted molar refractivity (Wildman–Crippen MR) is 130 cm³/mol. The summed E-state index contributed by atoms with van der Waals surface area (Å²) in [6, 6.07) is 19.2. The van der Waals surface area contributed by atoms with Crippen molar-refractivity contribution in [3.63, 3.8) is 0 Å². The van der Waals surface area contributed by atoms with Gasteiger partial charge >= 0.3 is 0 Å². The van der Waals surface area contributed by atoms with Gasteiger partial charge in [-0.2, -0.15) is 0 Å². The molecule has 2 atom stereocenters. The molecule has 7 heteroatoms. The summed E-state index contributed by atoms with van der Waals surface area (Å²) >= 11 is 6.13. The van der Waals surface area contributed by atoms with Crippen molar-refractivity contribution in [2.45, 2.75) is 25.1 Å². The highest BCUT2D eigenvalue weighted by Gasteiger charge is 2.28. The minimum absolute atomic E-state index is 0.0236. The fourth-order valence-electron chi connectivity index (χ4n) is 4.38. The number of aliphatic hydroxyl groups excluding tert-OH is 1. The average molecular weight is 487 g/mol. The van der Waals surface area contributed by atoms with Gasteiger partial charge in [0.05, 0.1) is 11.1 Å². The molecule has 0 aliphatic carbocycles. The summed E-state index contributed by atoms with van der Waals surface area (Å²) in [6.07, 6.45) is 0.776. The highest BCUT2D eigenvalue weighted by atomic mass is 35.5. The van der Waals surface area contributed by atoms with Crippen LogP contribution in [0.15, 0.2) is 72.8 Å². The lowest BCUT2D eigenvalue weighted by molar-refractivity contribution is 0.0277. The van der Waals surface area contributed by atoms with Gasteiger partial charge in [0.1, 0.15) is 30.2 Å². The van der Waals surface area contributed by atoms with Crippen molar-refractivity contribution in [3.8, 4) is 5.75 Å². The van der Waals surface area contributed by atoms with Crippen LogP contribution in [0.2, 0.25) is 5.02 Å². The molecule has 0 bridgehead atoms. The minimum atomic E-state index is -0.823. The number of hydrogen-bond donors (Lipinski definition) is 2. The maximum Gasteiger partial charge on any atom is 0.137 e. The van der Waals surface area contributed by atoms with Crippen LogP contribution in [0.5, 0.6) is 5.75 Å². The van der Waals surface area contributed by atoms with E-state index in [2.05, 4.69) is 10.2 Å². The molecule has 0 amide bonds. The Labute approximate surface area is 204 Å². The molecule has 3 aromatic carbocycles. The van der Waals surface area contributed by atoms with Crippen molar-refractivity contribution >= 4 is 11.6 Å². The first-order valence-corrected chi connectivity index (χ1v) is 11.9. The van der Waals surface area contributed by atoms with Gasteiger partial charge in [0.25, 0.3) is 0 Å². The van der Waals surface area contributed by atoms with Crippen LogP contribution in [0.25, 0.3) is 0 Å². The summed E-state index contributed by atoms with van der Waals surface area (Å²) in [6.45, 7) is 2.97. The van der Waals surface area contributed by atoms with E-state index in [0.29, 0.717) is 28.5 Å². The molecule has 1 heterocycles. The van der Waals surface area contributed by atoms with Crippen LogP contribution in [0.1, 0.15) is 30.0 Å². The Hall–Kier alpha value is -2.51. The Balaban J connectivity index is 1.33. The molecule has 2 N–H and O–H groups in total. The Kier molecular flexibility index (Phi) is 8.51. The molecule has 0 spiro atoms. The molecule has 4 rings (SSSR count). The molecule has 1 aliphatic heterocycles. The van der Waals surface area contributed by atoms with E-state index in [0.717, 1.165) is 32.5 Å². The number of ether oxygens (including phenoxy) is 1. The Morgan fingerprint density at radius 2 is 1.65 bits per heavy atom. The fourth-order valence-corrected chi connectivity index (χ4v) is 4.57. The number of rotatable bonds is 9. The maximum atomic E-state index is 14.6. The smallest absolute Gasteiger partial charge is 0.137 e. The van der Waals surface area contributed by atoms with Crippen LogP contribution in [0.3, 0.4) is 0 Å². The summed E-state index contributed by atoms with van der Waals surface area (Å²) < 4.78 is 33.8. The molecule has 1 fully saturated rings. The first kappa shape index (κ1) is 24.6. The normalized spacial score (nSPS) is 16.8. The van der Waals surface area contributed by atoms with Gasteiger partial charge in [-0.1, -0.05) is 54.1 Å². The zero-order valence-corrected chi connectivity index (χ0v) is 19.6. The second kappa shape index (κ2) is 11.8. The van der Waals surface area contributed by atoms with Crippen molar-refractivity contribution in [2.24, 2.45) is 5.92 Å². The van der Waals surface area contributed by atoms with Crippen molar-refractivity contribution in [2.75, 3.05) is 26.2 Å². The molecule has 0 radical (unpaired) electrons. The third kappa shape index (κ3) is 6.33. The van der Waals surface area contributed by atoms with Crippen LogP contribution in [-0.4, -0.2) is 42.5 Å². The van der Waals surface area contributed by atoms with Crippen LogP contribution in [0.4, 0.5) is 8.78 Å². The van der Waals surface area contributed by atoms with Crippen LogP contribution < -0.4 is 10.1 Å². The lowest BCUT2D eigenvalue weighted by atomic mass is 9.92. The molecule has 0 saturated carbocycles. The molecule has 34 heavy (non-hydrogen) atoms. The molecule has 1 aliphatic rings. The first-order chi connectivity index (χ1) is 16.5. The van der Waals surface area contributed by atoms with E-state index < -0.39 is 12.3 Å². The van der Waals surface area contributed by atoms with Crippen molar-refractivity contribution in [1.29, 1.82) is 0 Å². The zero-order chi connectivity index (χ0) is 23.9. The number of benzene rings is 3. The fraction of sp³-hybridized carbons (Fsp3) is 0.333. The number of nitrogens with one attached hydrogen (secondary N) is 1. The van der Waals surface area contributed by atoms with Crippen molar-refractivity contribution in [3.05, 3.63) is 101 Å². The molecular formula is C27H29ClF2N2O2. The highest BCUT2D eigenvalue weighted by molar-refractivity contribution is 6.32. The number of likely N-dealkylation sites (tertiary alicyclic amines) is 1. The minimum Gasteiger partial charge on any atom is -0.491 e. The maximum absolute atomic E-state index is 14.6. The van der Waals surface area contributed by atoms with Gasteiger partial charge in [-0.3, -0.25) is 10.2 Å². The van der Waals surface area contributed by atoms with Gasteiger partial charge in [0, 0.05) is 18.0 Å². The lowest BCUT2D eigenvalue weighted by Gasteiger charge is -2.36. The van der Waals surface area contributed by atoms with E-state index in [1.807, 2.05) is 18.2 Å². The largest absolute Gasteiger partial charge is 0.491 e. The Morgan fingerprint density at radius 3 is 2.35 bits per heavy atom. The third-order valence-corrected chi connectivity index (χ3v) is 6.65. The topological polar surface area (TPSA) is 44.7 Å². The van der Waals surface area contributed by atoms with Gasteiger partial charge in [0.2, 0.25) is 0 Å². The van der Waals surface area contributed by atoms with E-state index in [4.69, 9.17) is 16.3 Å². The van der Waals surface area contributed by atoms with Crippen LogP contribution >= 0.6 is 11.6 Å². The third-order valence-electron chi connectivity index (χ3n) is 6.34. The quantitative estimate of drug-likeness (QED) is 0.397. The van der Waals surface area contributed by atoms with Crippen molar-refractivity contribution in [1.82, 2.24) is 10.2 Å². The van der Waals surface area contributed by atoms with E-state index in [-0.39, 0.29) is 17.6 Å². The molecule has 2 unspecified atom stereocenters. The first-order valence-electron chi connectivity index (χ1n) is 11.5. The molecule has 1 saturated heterocycles. The molecule has 180 valence electrons. The van der Waals surface area contributed by atoms with Gasteiger partial charge in [-0.25, -0.2) is 8.78 Å². The van der Waals surface area contributed by atoms with Crippen molar-refractivity contribution < 1.29 is 18.6 Å². The SMILES string of the molecule is OC(NC(c1ccc(F)cc1)c1ccccc1F)C1CCN(CCOc2ccccc2Cl)CC1. The highest BCUT2D eigenvalue weighted by Crippen LogP contribution is 2.28. The number of nitrogens with zero attached hydrogens (tertiary/aromatic N) is 1. The number of halogens is 3. The summed E-state index contributed by atoms with van der Waals surface area (Å²) in [5, 5.41) is 14.8. The summed E-state index contributed by atoms with van der Waals surface area (Å²) in [7, 11) is 0. The summed E-state index contributed by atoms with van der Waals surface area (Å²) in [5.41, 5.74) is 1.11. The van der Waals surface area contributed by atoms with Gasteiger partial charge in [-0.05, 0) is 61.8 Å². The number of para-hydroxylation sites is 1. The number of hydrogen-bond acceptors (Lipinski definition) is 4. The summed E-state index contributed by atoms with van der Waals surface area (Å²) in [5.74, 6) is -0.0264. The van der Waals surface area contributed by atoms with Gasteiger partial charge in [-0.15, -0.1) is 0 Å². The lowest BCUT2D eigenvalue weighted by Crippen LogP contribution is -2.45. The summed E-state index contributed by atoms with van der Waals surface area (Å²) in [4.78, 5) is 2.30. The number of piperidine rings is 1. The standard InChI is InChI=1S/C27H29ClF2N2O2/c28-23-6-2-4-8-25(23)34-18-17-32-15-13-20(14-16-32)27(33)31-26(19-9-11-21(29)12-10-19)22-5-1-3-7-24(22)30/h1-12,20,26-27,31,33H,13-18H2.